The zero-order valence-corrected chi connectivity index (χ0v) is 14.8. The van der Waals surface area contributed by atoms with Gasteiger partial charge in [-0.15, -0.1) is 0 Å². The second-order valence-electron chi connectivity index (χ2n) is 5.82. The van der Waals surface area contributed by atoms with Gasteiger partial charge in [-0.2, -0.15) is 5.10 Å². The molecule has 0 unspecified atom stereocenters. The van der Waals surface area contributed by atoms with Crippen LogP contribution in [0.15, 0.2) is 84.9 Å². The Bertz CT molecular complexity index is 1040. The monoisotopic (exact) mass is 359 g/mol. The highest BCUT2D eigenvalue weighted by Gasteiger charge is 2.10. The van der Waals surface area contributed by atoms with E-state index < -0.39 is 0 Å². The van der Waals surface area contributed by atoms with Gasteiger partial charge in [-0.05, 0) is 54.2 Å². The van der Waals surface area contributed by atoms with Gasteiger partial charge in [-0.25, -0.2) is 0 Å². The number of rotatable bonds is 5. The Morgan fingerprint density at radius 3 is 2.19 bits per heavy atom. The molecule has 26 heavy (non-hydrogen) atoms. The fraction of sp³-hybridized carbons (Fsp3) is 0.0476. The Kier molecular flexibility index (Phi) is 4.62. The summed E-state index contributed by atoms with van der Waals surface area (Å²) < 4.78 is 8.34. The number of aromatic nitrogens is 3. The van der Waals surface area contributed by atoms with E-state index in [-0.39, 0.29) is 0 Å². The van der Waals surface area contributed by atoms with E-state index in [0.717, 1.165) is 28.4 Å². The molecule has 0 saturated carbocycles. The van der Waals surface area contributed by atoms with Crippen LogP contribution in [0, 0.1) is 4.77 Å². The summed E-state index contributed by atoms with van der Waals surface area (Å²) >= 11 is 5.40. The van der Waals surface area contributed by atoms with Crippen LogP contribution in [-0.2, 0) is 6.61 Å². The average molecular weight is 359 g/mol. The Morgan fingerprint density at radius 2 is 1.50 bits per heavy atom. The molecule has 0 atom stereocenters. The molecule has 4 aromatic rings. The standard InChI is InChI=1S/C21H17N3OS/c26-21-23-22-20(24(21)18-9-5-2-6-10-18)17-11-13-19(14-12-17)25-15-16-7-3-1-4-8-16/h1-14H,15H2,(H,23,26). The van der Waals surface area contributed by atoms with Gasteiger partial charge in [0.05, 0.1) is 0 Å². The summed E-state index contributed by atoms with van der Waals surface area (Å²) in [6.45, 7) is 0.545. The molecule has 0 radical (unpaired) electrons. The van der Waals surface area contributed by atoms with Gasteiger partial charge in [0.15, 0.2) is 10.6 Å². The van der Waals surface area contributed by atoms with E-state index in [4.69, 9.17) is 17.0 Å². The van der Waals surface area contributed by atoms with Gasteiger partial charge >= 0.3 is 0 Å². The maximum Gasteiger partial charge on any atom is 0.200 e. The lowest BCUT2D eigenvalue weighted by atomic mass is 10.2. The number of nitrogens with zero attached hydrogens (tertiary/aromatic N) is 2. The molecule has 5 heteroatoms. The summed E-state index contributed by atoms with van der Waals surface area (Å²) in [4.78, 5) is 0. The van der Waals surface area contributed by atoms with Crippen LogP contribution in [0.1, 0.15) is 5.56 Å². The van der Waals surface area contributed by atoms with Gasteiger partial charge in [0.2, 0.25) is 0 Å². The number of para-hydroxylation sites is 1. The molecule has 0 aliphatic rings. The third kappa shape index (κ3) is 3.43. The topological polar surface area (TPSA) is 42.8 Å². The Balaban J connectivity index is 1.57. The molecule has 4 nitrogen and oxygen atoms in total. The van der Waals surface area contributed by atoms with Crippen molar-refractivity contribution in [3.05, 3.63) is 95.3 Å². The zero-order chi connectivity index (χ0) is 17.8. The van der Waals surface area contributed by atoms with Crippen LogP contribution in [0.5, 0.6) is 5.75 Å². The number of hydrogen-bond donors (Lipinski definition) is 1. The molecular weight excluding hydrogens is 342 g/mol. The molecule has 0 saturated heterocycles. The molecule has 0 fully saturated rings. The summed E-state index contributed by atoms with van der Waals surface area (Å²) in [7, 11) is 0. The van der Waals surface area contributed by atoms with Crippen molar-refractivity contribution in [2.45, 2.75) is 6.61 Å². The summed E-state index contributed by atoms with van der Waals surface area (Å²) in [6.07, 6.45) is 0. The van der Waals surface area contributed by atoms with Crippen LogP contribution < -0.4 is 4.74 Å². The number of aromatic amines is 1. The van der Waals surface area contributed by atoms with E-state index in [0.29, 0.717) is 11.4 Å². The summed E-state index contributed by atoms with van der Waals surface area (Å²) in [5.74, 6) is 1.59. The molecule has 3 aromatic carbocycles. The van der Waals surface area contributed by atoms with E-state index in [1.807, 2.05) is 89.5 Å². The minimum absolute atomic E-state index is 0.545. The molecule has 0 aliphatic heterocycles. The lowest BCUT2D eigenvalue weighted by Gasteiger charge is -2.09. The molecule has 128 valence electrons. The molecule has 1 aromatic heterocycles. The maximum atomic E-state index is 5.85. The fourth-order valence-electron chi connectivity index (χ4n) is 2.75. The number of nitrogens with one attached hydrogen (secondary N) is 1. The predicted molar refractivity (Wildman–Crippen MR) is 105 cm³/mol. The van der Waals surface area contributed by atoms with E-state index >= 15 is 0 Å². The highest BCUT2D eigenvalue weighted by atomic mass is 32.1. The summed E-state index contributed by atoms with van der Waals surface area (Å²) in [6, 6.07) is 27.9. The van der Waals surface area contributed by atoms with Crippen molar-refractivity contribution in [3.63, 3.8) is 0 Å². The molecule has 4 rings (SSSR count). The number of ether oxygens (including phenoxy) is 1. The van der Waals surface area contributed by atoms with E-state index in [1.165, 1.54) is 0 Å². The third-order valence-electron chi connectivity index (χ3n) is 4.05. The van der Waals surface area contributed by atoms with Gasteiger partial charge in [0.1, 0.15) is 12.4 Å². The average Bonchev–Trinajstić information content (AvgIpc) is 3.10. The zero-order valence-electron chi connectivity index (χ0n) is 14.0. The minimum atomic E-state index is 0.545. The number of benzene rings is 3. The van der Waals surface area contributed by atoms with Crippen molar-refractivity contribution >= 4 is 12.2 Å². The van der Waals surface area contributed by atoms with Crippen LogP contribution in [0.2, 0.25) is 0 Å². The Labute approximate surface area is 156 Å². The summed E-state index contributed by atoms with van der Waals surface area (Å²) in [5, 5.41) is 7.27. The first kappa shape index (κ1) is 16.3. The minimum Gasteiger partial charge on any atom is -0.489 e. The van der Waals surface area contributed by atoms with Gasteiger partial charge < -0.3 is 4.74 Å². The lowest BCUT2D eigenvalue weighted by molar-refractivity contribution is 0.306. The van der Waals surface area contributed by atoms with Crippen LogP contribution in [0.4, 0.5) is 0 Å². The number of H-pyrrole nitrogens is 1. The van der Waals surface area contributed by atoms with E-state index in [1.54, 1.807) is 0 Å². The Hall–Kier alpha value is -3.18. The van der Waals surface area contributed by atoms with Crippen molar-refractivity contribution in [1.29, 1.82) is 0 Å². The second-order valence-corrected chi connectivity index (χ2v) is 6.21. The first-order chi connectivity index (χ1) is 12.8. The SMILES string of the molecule is S=c1[nH]nc(-c2ccc(OCc3ccccc3)cc2)n1-c1ccccc1. The summed E-state index contributed by atoms with van der Waals surface area (Å²) in [5.41, 5.74) is 3.08. The fourth-order valence-corrected chi connectivity index (χ4v) is 2.99. The van der Waals surface area contributed by atoms with Crippen LogP contribution in [-0.4, -0.2) is 14.8 Å². The van der Waals surface area contributed by atoms with Crippen LogP contribution >= 0.6 is 12.2 Å². The van der Waals surface area contributed by atoms with Crippen molar-refractivity contribution < 1.29 is 4.74 Å². The van der Waals surface area contributed by atoms with Crippen molar-refractivity contribution in [3.8, 4) is 22.8 Å². The van der Waals surface area contributed by atoms with Crippen molar-refractivity contribution in [1.82, 2.24) is 14.8 Å². The van der Waals surface area contributed by atoms with Gasteiger partial charge in [0, 0.05) is 11.3 Å². The van der Waals surface area contributed by atoms with Gasteiger partial charge in [-0.1, -0.05) is 48.5 Å². The van der Waals surface area contributed by atoms with Crippen LogP contribution in [0.3, 0.4) is 0 Å². The highest BCUT2D eigenvalue weighted by Crippen LogP contribution is 2.24. The first-order valence-electron chi connectivity index (χ1n) is 8.31. The predicted octanol–water partition coefficient (Wildman–Crippen LogP) is 5.18. The smallest absolute Gasteiger partial charge is 0.200 e. The number of hydrogen-bond acceptors (Lipinski definition) is 3. The molecule has 0 amide bonds. The molecule has 1 heterocycles. The second kappa shape index (κ2) is 7.37. The van der Waals surface area contributed by atoms with E-state index in [9.17, 15) is 0 Å². The third-order valence-corrected chi connectivity index (χ3v) is 4.32. The molecule has 0 spiro atoms. The van der Waals surface area contributed by atoms with Gasteiger partial charge in [-0.3, -0.25) is 9.67 Å². The molecular formula is C21H17N3OS. The highest BCUT2D eigenvalue weighted by molar-refractivity contribution is 7.71. The first-order valence-corrected chi connectivity index (χ1v) is 8.72. The Morgan fingerprint density at radius 1 is 0.846 bits per heavy atom. The maximum absolute atomic E-state index is 5.85. The van der Waals surface area contributed by atoms with Crippen molar-refractivity contribution in [2.75, 3.05) is 0 Å². The molecule has 1 N–H and O–H groups in total. The molecule has 0 aliphatic carbocycles. The quantitative estimate of drug-likeness (QED) is 0.500. The van der Waals surface area contributed by atoms with Gasteiger partial charge in [0.25, 0.3) is 0 Å². The lowest BCUT2D eigenvalue weighted by Crippen LogP contribution is -1.98. The molecule has 0 bridgehead atoms. The van der Waals surface area contributed by atoms with Crippen molar-refractivity contribution in [2.24, 2.45) is 0 Å². The van der Waals surface area contributed by atoms with E-state index in [2.05, 4.69) is 10.2 Å². The van der Waals surface area contributed by atoms with Crippen LogP contribution in [0.25, 0.3) is 17.1 Å². The largest absolute Gasteiger partial charge is 0.489 e. The normalized spacial score (nSPS) is 10.6.